The monoisotopic (exact) mass is 226 g/mol. The Morgan fingerprint density at radius 2 is 2.56 bits per heavy atom. The molecule has 90 valence electrons. The van der Waals surface area contributed by atoms with Crippen LogP contribution in [0.5, 0.6) is 0 Å². The van der Waals surface area contributed by atoms with Gasteiger partial charge in [0, 0.05) is 19.7 Å². The average Bonchev–Trinajstić information content (AvgIpc) is 2.85. The van der Waals surface area contributed by atoms with Crippen molar-refractivity contribution in [3.63, 3.8) is 0 Å². The number of hydrogen-bond acceptors (Lipinski definition) is 5. The van der Waals surface area contributed by atoms with E-state index >= 15 is 0 Å². The maximum absolute atomic E-state index is 6.06. The molecule has 2 rings (SSSR count). The lowest BCUT2D eigenvalue weighted by atomic mass is 9.85. The summed E-state index contributed by atoms with van der Waals surface area (Å²) in [5.74, 6) is 0.884. The molecule has 0 aromatic carbocycles. The van der Waals surface area contributed by atoms with Crippen LogP contribution in [0.4, 0.5) is 0 Å². The molecule has 0 spiro atoms. The third-order valence-corrected chi connectivity index (χ3v) is 3.18. The molecule has 1 aliphatic heterocycles. The molecule has 0 saturated carbocycles. The lowest BCUT2D eigenvalue weighted by Crippen LogP contribution is -2.44. The quantitative estimate of drug-likeness (QED) is 0.752. The number of rotatable bonds is 4. The second kappa shape index (κ2) is 4.48. The standard InChI is InChI=1S/C10H18N4O2/c1-10(6-16-5-8(10)11)9-13-12-7-14(9)3-4-15-2/h7-8H,3-6,11H2,1-2H3. The summed E-state index contributed by atoms with van der Waals surface area (Å²) in [6.07, 6.45) is 1.71. The molecular weight excluding hydrogens is 208 g/mol. The van der Waals surface area contributed by atoms with Gasteiger partial charge in [0.2, 0.25) is 0 Å². The number of aromatic nitrogens is 3. The van der Waals surface area contributed by atoms with Gasteiger partial charge < -0.3 is 19.8 Å². The molecule has 1 saturated heterocycles. The van der Waals surface area contributed by atoms with Crippen molar-refractivity contribution in [3.8, 4) is 0 Å². The zero-order chi connectivity index (χ0) is 11.6. The van der Waals surface area contributed by atoms with E-state index in [1.165, 1.54) is 0 Å². The number of ether oxygens (including phenoxy) is 2. The first kappa shape index (κ1) is 11.5. The SMILES string of the molecule is COCCn1cnnc1C1(C)COCC1N. The fourth-order valence-electron chi connectivity index (χ4n) is 1.97. The Bertz CT molecular complexity index is 354. The third kappa shape index (κ3) is 1.83. The predicted octanol–water partition coefficient (Wildman–Crippen LogP) is -0.460. The van der Waals surface area contributed by atoms with Gasteiger partial charge in [0.25, 0.3) is 0 Å². The summed E-state index contributed by atoms with van der Waals surface area (Å²) in [6.45, 7) is 4.61. The summed E-state index contributed by atoms with van der Waals surface area (Å²) in [5.41, 5.74) is 5.82. The molecule has 0 radical (unpaired) electrons. The molecule has 0 bridgehead atoms. The van der Waals surface area contributed by atoms with Crippen molar-refractivity contribution in [2.75, 3.05) is 26.9 Å². The second-order valence-electron chi connectivity index (χ2n) is 4.38. The summed E-state index contributed by atoms with van der Waals surface area (Å²) in [4.78, 5) is 0. The van der Waals surface area contributed by atoms with Crippen molar-refractivity contribution in [2.24, 2.45) is 5.73 Å². The molecule has 1 fully saturated rings. The van der Waals surface area contributed by atoms with Gasteiger partial charge >= 0.3 is 0 Å². The molecule has 1 aromatic rings. The van der Waals surface area contributed by atoms with Gasteiger partial charge in [-0.25, -0.2) is 0 Å². The number of methoxy groups -OCH3 is 1. The van der Waals surface area contributed by atoms with Crippen LogP contribution in [0, 0.1) is 0 Å². The largest absolute Gasteiger partial charge is 0.383 e. The number of nitrogens with two attached hydrogens (primary N) is 1. The summed E-state index contributed by atoms with van der Waals surface area (Å²) in [7, 11) is 1.68. The lowest BCUT2D eigenvalue weighted by molar-refractivity contribution is 0.171. The number of hydrogen-bond donors (Lipinski definition) is 1. The zero-order valence-corrected chi connectivity index (χ0v) is 9.72. The Hall–Kier alpha value is -0.980. The Kier molecular flexibility index (Phi) is 3.22. The lowest BCUT2D eigenvalue weighted by Gasteiger charge is -2.26. The average molecular weight is 226 g/mol. The summed E-state index contributed by atoms with van der Waals surface area (Å²) >= 11 is 0. The first-order valence-corrected chi connectivity index (χ1v) is 5.39. The summed E-state index contributed by atoms with van der Waals surface area (Å²) in [5, 5.41) is 8.12. The molecule has 2 heterocycles. The minimum absolute atomic E-state index is 0.0296. The van der Waals surface area contributed by atoms with Crippen LogP contribution in [-0.2, 0) is 21.4 Å². The van der Waals surface area contributed by atoms with E-state index in [0.717, 1.165) is 12.4 Å². The highest BCUT2D eigenvalue weighted by atomic mass is 16.5. The van der Waals surface area contributed by atoms with Gasteiger partial charge in [0.1, 0.15) is 12.2 Å². The Labute approximate surface area is 94.7 Å². The highest BCUT2D eigenvalue weighted by molar-refractivity contribution is 5.14. The van der Waals surface area contributed by atoms with E-state index in [-0.39, 0.29) is 11.5 Å². The summed E-state index contributed by atoms with van der Waals surface area (Å²) < 4.78 is 12.5. The second-order valence-corrected chi connectivity index (χ2v) is 4.38. The maximum Gasteiger partial charge on any atom is 0.142 e. The molecule has 2 unspecified atom stereocenters. The van der Waals surface area contributed by atoms with Crippen LogP contribution in [-0.4, -0.2) is 47.7 Å². The van der Waals surface area contributed by atoms with Crippen LogP contribution in [0.15, 0.2) is 6.33 Å². The van der Waals surface area contributed by atoms with Crippen molar-refractivity contribution in [2.45, 2.75) is 24.9 Å². The van der Waals surface area contributed by atoms with E-state index in [4.69, 9.17) is 15.2 Å². The van der Waals surface area contributed by atoms with Crippen LogP contribution < -0.4 is 5.73 Å². The van der Waals surface area contributed by atoms with E-state index in [1.54, 1.807) is 13.4 Å². The highest BCUT2D eigenvalue weighted by Crippen LogP contribution is 2.30. The van der Waals surface area contributed by atoms with Crippen molar-refractivity contribution in [3.05, 3.63) is 12.2 Å². The molecule has 6 nitrogen and oxygen atoms in total. The van der Waals surface area contributed by atoms with Gasteiger partial charge in [-0.2, -0.15) is 0 Å². The van der Waals surface area contributed by atoms with E-state index in [2.05, 4.69) is 17.1 Å². The van der Waals surface area contributed by atoms with Crippen LogP contribution in [0.2, 0.25) is 0 Å². The Morgan fingerprint density at radius 1 is 1.75 bits per heavy atom. The first-order chi connectivity index (χ1) is 7.68. The van der Waals surface area contributed by atoms with Crippen molar-refractivity contribution in [1.29, 1.82) is 0 Å². The molecular formula is C10H18N4O2. The molecule has 16 heavy (non-hydrogen) atoms. The van der Waals surface area contributed by atoms with E-state index in [0.29, 0.717) is 19.8 Å². The third-order valence-electron chi connectivity index (χ3n) is 3.18. The van der Waals surface area contributed by atoms with E-state index in [9.17, 15) is 0 Å². The fourth-order valence-corrected chi connectivity index (χ4v) is 1.97. The Balaban J connectivity index is 2.22. The van der Waals surface area contributed by atoms with Crippen molar-refractivity contribution < 1.29 is 9.47 Å². The fraction of sp³-hybridized carbons (Fsp3) is 0.800. The van der Waals surface area contributed by atoms with Gasteiger partial charge in [-0.1, -0.05) is 0 Å². The predicted molar refractivity (Wildman–Crippen MR) is 58.0 cm³/mol. The first-order valence-electron chi connectivity index (χ1n) is 5.39. The van der Waals surface area contributed by atoms with E-state index in [1.807, 2.05) is 4.57 Å². The van der Waals surface area contributed by atoms with Crippen LogP contribution >= 0.6 is 0 Å². The van der Waals surface area contributed by atoms with Gasteiger partial charge in [0.15, 0.2) is 0 Å². The van der Waals surface area contributed by atoms with Crippen molar-refractivity contribution >= 4 is 0 Å². The maximum atomic E-state index is 6.06. The molecule has 0 aliphatic carbocycles. The van der Waals surface area contributed by atoms with Gasteiger partial charge in [0.05, 0.1) is 25.2 Å². The normalized spacial score (nSPS) is 29.8. The van der Waals surface area contributed by atoms with Gasteiger partial charge in [-0.15, -0.1) is 10.2 Å². The van der Waals surface area contributed by atoms with Crippen LogP contribution in [0.25, 0.3) is 0 Å². The Morgan fingerprint density at radius 3 is 3.19 bits per heavy atom. The molecule has 1 aromatic heterocycles. The van der Waals surface area contributed by atoms with Gasteiger partial charge in [-0.3, -0.25) is 0 Å². The topological polar surface area (TPSA) is 75.2 Å². The molecule has 1 aliphatic rings. The van der Waals surface area contributed by atoms with Gasteiger partial charge in [-0.05, 0) is 6.92 Å². The van der Waals surface area contributed by atoms with Crippen LogP contribution in [0.3, 0.4) is 0 Å². The molecule has 0 amide bonds. The number of nitrogens with zero attached hydrogens (tertiary/aromatic N) is 3. The molecule has 2 atom stereocenters. The summed E-state index contributed by atoms with van der Waals surface area (Å²) in [6, 6.07) is -0.0296. The highest BCUT2D eigenvalue weighted by Gasteiger charge is 2.42. The van der Waals surface area contributed by atoms with Crippen LogP contribution in [0.1, 0.15) is 12.7 Å². The molecule has 2 N–H and O–H groups in total. The van der Waals surface area contributed by atoms with Crippen molar-refractivity contribution in [1.82, 2.24) is 14.8 Å². The van der Waals surface area contributed by atoms with E-state index < -0.39 is 0 Å². The molecule has 6 heteroatoms. The minimum Gasteiger partial charge on any atom is -0.383 e. The zero-order valence-electron chi connectivity index (χ0n) is 9.72. The minimum atomic E-state index is -0.246. The smallest absolute Gasteiger partial charge is 0.142 e.